The van der Waals surface area contributed by atoms with Gasteiger partial charge in [-0.1, -0.05) is 0 Å². The molecular formula is C18H22N6O3. The number of hydrogen-bond donors (Lipinski definition) is 1. The first-order valence-electron chi connectivity index (χ1n) is 8.98. The van der Waals surface area contributed by atoms with Crippen LogP contribution in [0.3, 0.4) is 0 Å². The molecule has 0 bridgehead atoms. The van der Waals surface area contributed by atoms with Gasteiger partial charge in [0.1, 0.15) is 11.9 Å². The number of urea groups is 1. The van der Waals surface area contributed by atoms with E-state index >= 15 is 0 Å². The fourth-order valence-corrected chi connectivity index (χ4v) is 3.76. The van der Waals surface area contributed by atoms with Gasteiger partial charge in [-0.15, -0.1) is 10.2 Å². The fraction of sp³-hybridized carbons (Fsp3) is 0.444. The summed E-state index contributed by atoms with van der Waals surface area (Å²) < 4.78 is 7.37. The Labute approximate surface area is 156 Å². The summed E-state index contributed by atoms with van der Waals surface area (Å²) in [5.74, 6) is 1.65. The highest BCUT2D eigenvalue weighted by Gasteiger charge is 2.53. The van der Waals surface area contributed by atoms with E-state index in [0.29, 0.717) is 18.4 Å². The maximum atomic E-state index is 12.6. The Morgan fingerprint density at radius 1 is 1.19 bits per heavy atom. The minimum atomic E-state index is -0.542. The molecule has 9 nitrogen and oxygen atoms in total. The van der Waals surface area contributed by atoms with Crippen molar-refractivity contribution in [3.05, 3.63) is 24.3 Å². The number of anilines is 1. The number of carbonyl (C=O) groups excluding carboxylic acids is 2. The molecular weight excluding hydrogens is 348 g/mol. The van der Waals surface area contributed by atoms with Crippen LogP contribution in [0.5, 0.6) is 5.75 Å². The number of benzene rings is 1. The average molecular weight is 370 g/mol. The van der Waals surface area contributed by atoms with Crippen molar-refractivity contribution in [1.29, 1.82) is 0 Å². The summed E-state index contributed by atoms with van der Waals surface area (Å²) in [5, 5.41) is 11.1. The summed E-state index contributed by atoms with van der Waals surface area (Å²) in [6.45, 7) is 6.50. The van der Waals surface area contributed by atoms with Crippen LogP contribution < -0.4 is 15.0 Å². The molecule has 4 rings (SSSR count). The van der Waals surface area contributed by atoms with Gasteiger partial charge in [0.25, 0.3) is 5.91 Å². The van der Waals surface area contributed by atoms with Crippen LogP contribution in [-0.4, -0.2) is 57.3 Å². The molecule has 0 radical (unpaired) electrons. The third kappa shape index (κ3) is 2.53. The molecule has 2 aliphatic rings. The molecule has 0 saturated carbocycles. The minimum Gasteiger partial charge on any atom is -0.494 e. The van der Waals surface area contributed by atoms with Gasteiger partial charge in [0.2, 0.25) is 5.95 Å². The van der Waals surface area contributed by atoms with Crippen LogP contribution >= 0.6 is 0 Å². The van der Waals surface area contributed by atoms with Crippen LogP contribution in [0.4, 0.5) is 10.7 Å². The van der Waals surface area contributed by atoms with E-state index in [9.17, 15) is 9.59 Å². The van der Waals surface area contributed by atoms with Gasteiger partial charge >= 0.3 is 6.03 Å². The van der Waals surface area contributed by atoms with E-state index in [4.69, 9.17) is 4.74 Å². The van der Waals surface area contributed by atoms with Crippen molar-refractivity contribution in [3.8, 4) is 17.1 Å². The number of imide groups is 1. The quantitative estimate of drug-likeness (QED) is 0.879. The maximum absolute atomic E-state index is 12.6. The standard InChI is InChI=1S/C18H22N6O3/c1-5-27-12-8-6-11(7-9-12)14-20-21-17-23(10(2)3)13-15(25)19-18(26)22(4)16(13)24(14)17/h6-10,13,16H,5H2,1-4H3,(H,19,25,26). The van der Waals surface area contributed by atoms with Gasteiger partial charge in [-0.05, 0) is 45.0 Å². The first-order valence-corrected chi connectivity index (χ1v) is 8.98. The highest BCUT2D eigenvalue weighted by molar-refractivity contribution is 6.02. The highest BCUT2D eigenvalue weighted by atomic mass is 16.5. The highest BCUT2D eigenvalue weighted by Crippen LogP contribution is 2.41. The normalized spacial score (nSPS) is 21.4. The average Bonchev–Trinajstić information content (AvgIpc) is 3.19. The minimum absolute atomic E-state index is 0.0171. The molecule has 1 aromatic heterocycles. The zero-order valence-corrected chi connectivity index (χ0v) is 15.7. The number of nitrogens with one attached hydrogen (secondary N) is 1. The van der Waals surface area contributed by atoms with Crippen LogP contribution in [0.25, 0.3) is 11.4 Å². The van der Waals surface area contributed by atoms with Gasteiger partial charge in [-0.25, -0.2) is 4.79 Å². The molecule has 2 aromatic rings. The van der Waals surface area contributed by atoms with Crippen molar-refractivity contribution in [2.24, 2.45) is 0 Å². The predicted octanol–water partition coefficient (Wildman–Crippen LogP) is 1.62. The van der Waals surface area contributed by atoms with Gasteiger partial charge < -0.3 is 14.5 Å². The number of rotatable bonds is 4. The first-order chi connectivity index (χ1) is 12.9. The van der Waals surface area contributed by atoms with Gasteiger partial charge in [-0.3, -0.25) is 14.7 Å². The van der Waals surface area contributed by atoms with Crippen LogP contribution in [0.2, 0.25) is 0 Å². The molecule has 9 heteroatoms. The third-order valence-electron chi connectivity index (χ3n) is 4.95. The fourth-order valence-electron chi connectivity index (χ4n) is 3.76. The molecule has 1 N–H and O–H groups in total. The Bertz CT molecular complexity index is 891. The lowest BCUT2D eigenvalue weighted by atomic mass is 10.1. The number of hydrogen-bond acceptors (Lipinski definition) is 6. The van der Waals surface area contributed by atoms with Crippen molar-refractivity contribution < 1.29 is 14.3 Å². The Morgan fingerprint density at radius 2 is 1.89 bits per heavy atom. The van der Waals surface area contributed by atoms with E-state index in [0.717, 1.165) is 11.3 Å². The summed E-state index contributed by atoms with van der Waals surface area (Å²) in [7, 11) is 1.68. The van der Waals surface area contributed by atoms with E-state index in [1.165, 1.54) is 4.90 Å². The van der Waals surface area contributed by atoms with Gasteiger partial charge in [0, 0.05) is 18.7 Å². The molecule has 142 valence electrons. The second-order valence-electron chi connectivity index (χ2n) is 6.92. The lowest BCUT2D eigenvalue weighted by molar-refractivity contribution is -0.125. The Balaban J connectivity index is 1.83. The summed E-state index contributed by atoms with van der Waals surface area (Å²) in [5.41, 5.74) is 0.841. The molecule has 0 aliphatic carbocycles. The predicted molar refractivity (Wildman–Crippen MR) is 98.4 cm³/mol. The Hall–Kier alpha value is -3.10. The second-order valence-corrected chi connectivity index (χ2v) is 6.92. The molecule has 0 spiro atoms. The summed E-state index contributed by atoms with van der Waals surface area (Å²) in [4.78, 5) is 28.3. The molecule has 1 aromatic carbocycles. The SMILES string of the molecule is CCOc1ccc(-c2nnc3n2C2C(C(=O)NC(=O)N2C)N3C(C)C)cc1. The molecule has 2 atom stereocenters. The summed E-state index contributed by atoms with van der Waals surface area (Å²) in [6.07, 6.45) is -0.500. The van der Waals surface area contributed by atoms with Crippen molar-refractivity contribution in [2.45, 2.75) is 39.0 Å². The molecule has 1 fully saturated rings. The Kier molecular flexibility index (Phi) is 4.01. The zero-order chi connectivity index (χ0) is 19.3. The summed E-state index contributed by atoms with van der Waals surface area (Å²) in [6, 6.07) is 6.60. The van der Waals surface area contributed by atoms with Gasteiger partial charge in [0.15, 0.2) is 11.9 Å². The van der Waals surface area contributed by atoms with Crippen LogP contribution in [-0.2, 0) is 4.79 Å². The largest absolute Gasteiger partial charge is 0.494 e. The first kappa shape index (κ1) is 17.3. The van der Waals surface area contributed by atoms with Crippen molar-refractivity contribution in [2.75, 3.05) is 18.6 Å². The third-order valence-corrected chi connectivity index (χ3v) is 4.95. The smallest absolute Gasteiger partial charge is 0.325 e. The summed E-state index contributed by atoms with van der Waals surface area (Å²) >= 11 is 0. The monoisotopic (exact) mass is 370 g/mol. The number of fused-ring (bicyclic) bond motifs is 3. The van der Waals surface area contributed by atoms with Crippen LogP contribution in [0, 0.1) is 0 Å². The number of ether oxygens (including phenoxy) is 1. The number of amides is 3. The van der Waals surface area contributed by atoms with E-state index in [1.807, 2.05) is 54.5 Å². The van der Waals surface area contributed by atoms with E-state index < -0.39 is 18.2 Å². The maximum Gasteiger partial charge on any atom is 0.325 e. The van der Waals surface area contributed by atoms with E-state index in [2.05, 4.69) is 15.5 Å². The van der Waals surface area contributed by atoms with Gasteiger partial charge in [-0.2, -0.15) is 0 Å². The van der Waals surface area contributed by atoms with Crippen LogP contribution in [0.15, 0.2) is 24.3 Å². The van der Waals surface area contributed by atoms with Gasteiger partial charge in [0.05, 0.1) is 6.61 Å². The molecule has 2 unspecified atom stereocenters. The lowest BCUT2D eigenvalue weighted by Crippen LogP contribution is -2.62. The van der Waals surface area contributed by atoms with Crippen molar-refractivity contribution >= 4 is 17.9 Å². The van der Waals surface area contributed by atoms with Crippen molar-refractivity contribution in [1.82, 2.24) is 25.0 Å². The molecule has 3 amide bonds. The lowest BCUT2D eigenvalue weighted by Gasteiger charge is -2.38. The zero-order valence-electron chi connectivity index (χ0n) is 15.7. The molecule has 1 saturated heterocycles. The second kappa shape index (κ2) is 6.26. The Morgan fingerprint density at radius 3 is 2.52 bits per heavy atom. The van der Waals surface area contributed by atoms with E-state index in [-0.39, 0.29) is 11.9 Å². The molecule has 27 heavy (non-hydrogen) atoms. The number of aromatic nitrogens is 3. The van der Waals surface area contributed by atoms with Crippen LogP contribution in [0.1, 0.15) is 26.9 Å². The molecule has 3 heterocycles. The van der Waals surface area contributed by atoms with E-state index in [1.54, 1.807) is 7.05 Å². The number of nitrogens with zero attached hydrogens (tertiary/aromatic N) is 5. The molecule has 2 aliphatic heterocycles. The number of likely N-dealkylation sites (N-methyl/N-ethyl adjacent to an activating group) is 1. The van der Waals surface area contributed by atoms with Crippen molar-refractivity contribution in [3.63, 3.8) is 0 Å². The topological polar surface area (TPSA) is 92.6 Å². The number of carbonyl (C=O) groups is 2.